The molecular weight excluding hydrogens is 408 g/mol. The van der Waals surface area contributed by atoms with Crippen molar-refractivity contribution in [2.75, 3.05) is 25.0 Å². The summed E-state index contributed by atoms with van der Waals surface area (Å²) < 4.78 is 18.5. The summed E-state index contributed by atoms with van der Waals surface area (Å²) in [5.74, 6) is 2.31. The smallest absolute Gasteiger partial charge is 0.269 e. The number of hydrogen-bond donors (Lipinski definition) is 1. The summed E-state index contributed by atoms with van der Waals surface area (Å²) in [6, 6.07) is 14.2. The van der Waals surface area contributed by atoms with E-state index in [9.17, 15) is 4.55 Å². The van der Waals surface area contributed by atoms with E-state index in [0.29, 0.717) is 17.1 Å². The summed E-state index contributed by atoms with van der Waals surface area (Å²) >= 11 is -1.29. The minimum atomic E-state index is -1.29. The molecule has 0 radical (unpaired) electrons. The van der Waals surface area contributed by atoms with Crippen LogP contribution in [0, 0.1) is 11.8 Å². The highest BCUT2D eigenvalue weighted by molar-refractivity contribution is 7.91. The molecule has 0 spiro atoms. The monoisotopic (exact) mass is 440 g/mol. The summed E-state index contributed by atoms with van der Waals surface area (Å²) in [5, 5.41) is 12.6. The van der Waals surface area contributed by atoms with Crippen molar-refractivity contribution >= 4 is 17.0 Å². The van der Waals surface area contributed by atoms with Crippen LogP contribution in [0.5, 0.6) is 0 Å². The van der Waals surface area contributed by atoms with E-state index in [1.54, 1.807) is 0 Å². The summed E-state index contributed by atoms with van der Waals surface area (Å²) in [5.41, 5.74) is 0.0136. The molecule has 6 nitrogen and oxygen atoms in total. The molecule has 7 heteroatoms. The number of ether oxygens (including phenoxy) is 1. The fraction of sp³-hybridized carbons (Fsp3) is 0.583. The highest BCUT2D eigenvalue weighted by Crippen LogP contribution is 2.41. The van der Waals surface area contributed by atoms with Gasteiger partial charge in [0, 0.05) is 49.0 Å². The van der Waals surface area contributed by atoms with Gasteiger partial charge in [-0.25, -0.2) is 0 Å². The fourth-order valence-corrected chi connectivity index (χ4v) is 6.59. The van der Waals surface area contributed by atoms with Crippen LogP contribution in [0.25, 0.3) is 0 Å². The first-order chi connectivity index (χ1) is 15.0. The molecule has 2 saturated heterocycles. The highest BCUT2D eigenvalue weighted by atomic mass is 32.2. The van der Waals surface area contributed by atoms with Crippen molar-refractivity contribution < 1.29 is 9.29 Å². The Kier molecular flexibility index (Phi) is 5.94. The third kappa shape index (κ3) is 4.75. The third-order valence-corrected chi connectivity index (χ3v) is 8.40. The number of likely N-dealkylation sites (tertiary alicyclic amines) is 1. The molecule has 3 fully saturated rings. The predicted molar refractivity (Wildman–Crippen MR) is 121 cm³/mol. The van der Waals surface area contributed by atoms with E-state index in [2.05, 4.69) is 34.3 Å². The van der Waals surface area contributed by atoms with E-state index in [1.807, 2.05) is 42.5 Å². The molecule has 1 aromatic heterocycles. The number of rotatable bonds is 5. The van der Waals surface area contributed by atoms with Crippen LogP contribution in [0.15, 0.2) is 52.4 Å². The molecule has 5 rings (SSSR count). The topological polar surface area (TPSA) is 73.3 Å². The van der Waals surface area contributed by atoms with E-state index in [4.69, 9.17) is 4.74 Å². The number of nitrogens with one attached hydrogen (secondary N) is 1. The largest absolute Gasteiger partial charge is 0.605 e. The van der Waals surface area contributed by atoms with Gasteiger partial charge in [-0.1, -0.05) is 23.3 Å². The maximum Gasteiger partial charge on any atom is 0.269 e. The first kappa shape index (κ1) is 21.2. The Morgan fingerprint density at radius 2 is 1.81 bits per heavy atom. The van der Waals surface area contributed by atoms with Crippen molar-refractivity contribution in [2.24, 2.45) is 11.8 Å². The molecule has 31 heavy (non-hydrogen) atoms. The Hall–Kier alpha value is -1.67. The summed E-state index contributed by atoms with van der Waals surface area (Å²) in [4.78, 5) is 3.47. The number of aromatic nitrogens is 2. The molecule has 2 unspecified atom stereocenters. The lowest BCUT2D eigenvalue weighted by Crippen LogP contribution is -2.45. The maximum absolute atomic E-state index is 12.6. The highest BCUT2D eigenvalue weighted by Gasteiger charge is 2.44. The molecule has 3 aliphatic rings. The van der Waals surface area contributed by atoms with Gasteiger partial charge in [-0.3, -0.25) is 4.90 Å². The molecule has 1 saturated carbocycles. The molecular formula is C24H32N4O2S. The number of benzene rings is 1. The van der Waals surface area contributed by atoms with Crippen molar-refractivity contribution in [3.8, 4) is 0 Å². The van der Waals surface area contributed by atoms with E-state index in [1.165, 1.54) is 25.9 Å². The normalized spacial score (nSPS) is 31.3. The lowest BCUT2D eigenvalue weighted by atomic mass is 9.93. The Morgan fingerprint density at radius 1 is 1.06 bits per heavy atom. The van der Waals surface area contributed by atoms with Gasteiger partial charge in [0.25, 0.3) is 5.03 Å². The van der Waals surface area contributed by atoms with Crippen molar-refractivity contribution in [3.05, 3.63) is 42.5 Å². The lowest BCUT2D eigenvalue weighted by Gasteiger charge is -2.40. The Balaban J connectivity index is 1.14. The second-order valence-electron chi connectivity index (χ2n) is 9.88. The molecule has 0 bridgehead atoms. The summed E-state index contributed by atoms with van der Waals surface area (Å²) in [6.07, 6.45) is 4.68. The first-order valence-corrected chi connectivity index (χ1v) is 12.6. The second-order valence-corrected chi connectivity index (χ2v) is 11.3. The quantitative estimate of drug-likeness (QED) is 0.715. The van der Waals surface area contributed by atoms with E-state index in [0.717, 1.165) is 42.0 Å². The average molecular weight is 441 g/mol. The van der Waals surface area contributed by atoms with Crippen molar-refractivity contribution in [3.63, 3.8) is 0 Å². The van der Waals surface area contributed by atoms with Gasteiger partial charge in [0.2, 0.25) is 0 Å². The van der Waals surface area contributed by atoms with Gasteiger partial charge in [-0.15, -0.1) is 5.10 Å². The standard InChI is InChI=1S/C24H32N4O2S/c1-24(2)14-20(10-11-30-24)28-15-17-12-19(13-18(17)16-28)25-22-8-9-23(27-26-22)31(29)21-6-4-3-5-7-21/h3-9,17-20H,10-16H2,1-2H3,(H,25,26)/t17-,18+,19+,20?,31?. The van der Waals surface area contributed by atoms with Gasteiger partial charge >= 0.3 is 0 Å². The van der Waals surface area contributed by atoms with Crippen LogP contribution in [0.2, 0.25) is 0 Å². The minimum Gasteiger partial charge on any atom is -0.605 e. The fourth-order valence-electron chi connectivity index (χ4n) is 5.63. The van der Waals surface area contributed by atoms with E-state index < -0.39 is 11.2 Å². The maximum atomic E-state index is 12.6. The van der Waals surface area contributed by atoms with Gasteiger partial charge < -0.3 is 14.6 Å². The molecule has 2 aliphatic heterocycles. The van der Waals surface area contributed by atoms with Crippen LogP contribution in [-0.4, -0.2) is 57.0 Å². The van der Waals surface area contributed by atoms with Crippen LogP contribution in [0.1, 0.15) is 39.5 Å². The first-order valence-electron chi connectivity index (χ1n) is 11.4. The summed E-state index contributed by atoms with van der Waals surface area (Å²) in [7, 11) is 0. The van der Waals surface area contributed by atoms with Crippen molar-refractivity contribution in [1.29, 1.82) is 0 Å². The van der Waals surface area contributed by atoms with Crippen LogP contribution in [-0.2, 0) is 15.9 Å². The lowest BCUT2D eigenvalue weighted by molar-refractivity contribution is -0.0811. The number of anilines is 1. The number of hydrogen-bond acceptors (Lipinski definition) is 6. The minimum absolute atomic E-state index is 0.0136. The molecule has 2 aromatic rings. The van der Waals surface area contributed by atoms with Crippen LogP contribution in [0.3, 0.4) is 0 Å². The third-order valence-electron chi connectivity index (χ3n) is 7.11. The zero-order valence-electron chi connectivity index (χ0n) is 18.4. The molecule has 1 aromatic carbocycles. The van der Waals surface area contributed by atoms with E-state index >= 15 is 0 Å². The van der Waals surface area contributed by atoms with Gasteiger partial charge in [-0.2, -0.15) is 0 Å². The molecule has 5 atom stereocenters. The molecule has 1 N–H and O–H groups in total. The molecule has 1 aliphatic carbocycles. The number of fused-ring (bicyclic) bond motifs is 1. The van der Waals surface area contributed by atoms with Gasteiger partial charge in [0.15, 0.2) is 4.90 Å². The molecule has 3 heterocycles. The van der Waals surface area contributed by atoms with E-state index in [-0.39, 0.29) is 5.60 Å². The van der Waals surface area contributed by atoms with Crippen molar-refractivity contribution in [1.82, 2.24) is 15.1 Å². The van der Waals surface area contributed by atoms with Crippen molar-refractivity contribution in [2.45, 2.75) is 67.1 Å². The zero-order valence-corrected chi connectivity index (χ0v) is 19.2. The second kappa shape index (κ2) is 8.70. The Bertz CT molecular complexity index is 865. The predicted octanol–water partition coefficient (Wildman–Crippen LogP) is 3.72. The van der Waals surface area contributed by atoms with Gasteiger partial charge in [0.1, 0.15) is 5.82 Å². The van der Waals surface area contributed by atoms with Gasteiger partial charge in [-0.05, 0) is 69.6 Å². The van der Waals surface area contributed by atoms with Crippen LogP contribution >= 0.6 is 0 Å². The number of nitrogens with zero attached hydrogens (tertiary/aromatic N) is 3. The van der Waals surface area contributed by atoms with Gasteiger partial charge in [0.05, 0.1) is 5.60 Å². The molecule has 0 amide bonds. The average Bonchev–Trinajstić information content (AvgIpc) is 3.32. The Morgan fingerprint density at radius 3 is 2.45 bits per heavy atom. The summed E-state index contributed by atoms with van der Waals surface area (Å²) in [6.45, 7) is 7.75. The van der Waals surface area contributed by atoms with Crippen LogP contribution < -0.4 is 5.32 Å². The molecule has 166 valence electrons. The Labute approximate surface area is 188 Å². The zero-order chi connectivity index (χ0) is 21.4. The SMILES string of the molecule is CC1(C)CC(N2C[C@H]3C[C@H](Nc4ccc([S+]([O-])c5ccccc5)nn4)C[C@H]3C2)CCO1. The van der Waals surface area contributed by atoms with Crippen LogP contribution in [0.4, 0.5) is 5.82 Å².